The highest BCUT2D eigenvalue weighted by Gasteiger charge is 2.23. The molecule has 0 fully saturated rings. The normalized spacial score (nSPS) is 19.0. The molecule has 1 aliphatic carbocycles. The van der Waals surface area contributed by atoms with E-state index < -0.39 is 0 Å². The number of aryl methyl sites for hydroxylation is 1. The molecule has 3 rings (SSSR count). The van der Waals surface area contributed by atoms with Crippen LogP contribution in [0.25, 0.3) is 0 Å². The maximum atomic E-state index is 4.50. The van der Waals surface area contributed by atoms with Crippen LogP contribution in [-0.4, -0.2) is 8.96 Å². The molecule has 2 aromatic heterocycles. The van der Waals surface area contributed by atoms with E-state index in [-0.39, 0.29) is 0 Å². The molecule has 1 aliphatic rings. The van der Waals surface area contributed by atoms with Crippen molar-refractivity contribution in [1.29, 1.82) is 0 Å². The molecule has 0 aromatic carbocycles. The van der Waals surface area contributed by atoms with Gasteiger partial charge in [0.1, 0.15) is 0 Å². The Morgan fingerprint density at radius 1 is 1.35 bits per heavy atom. The van der Waals surface area contributed by atoms with E-state index in [2.05, 4.69) is 54.6 Å². The summed E-state index contributed by atoms with van der Waals surface area (Å²) < 4.78 is 2.28. The van der Waals surface area contributed by atoms with E-state index in [1.165, 1.54) is 29.8 Å². The molecule has 2 nitrogen and oxygen atoms in total. The average molecular weight is 356 g/mol. The van der Waals surface area contributed by atoms with Crippen LogP contribution in [0.1, 0.15) is 29.3 Å². The van der Waals surface area contributed by atoms with Gasteiger partial charge in [0.15, 0.2) is 0 Å². The van der Waals surface area contributed by atoms with Crippen LogP contribution in [0.15, 0.2) is 36.7 Å². The number of halogens is 1. The first-order valence-corrected chi connectivity index (χ1v) is 9.09. The Bertz CT molecular complexity index is 496. The van der Waals surface area contributed by atoms with Crippen molar-refractivity contribution in [2.24, 2.45) is 0 Å². The zero-order valence-electron chi connectivity index (χ0n) is 9.34. The van der Waals surface area contributed by atoms with Crippen LogP contribution >= 0.6 is 30.3 Å². The highest BCUT2D eigenvalue weighted by molar-refractivity contribution is 14.2. The van der Waals surface area contributed by atoms with Gasteiger partial charge in [-0.1, -0.05) is 6.07 Å². The molecule has 0 amide bonds. The van der Waals surface area contributed by atoms with Gasteiger partial charge in [-0.15, -0.1) is 0 Å². The molecular weight excluding hydrogens is 343 g/mol. The summed E-state index contributed by atoms with van der Waals surface area (Å²) in [5.74, 6) is 0.584. The molecular formula is C13H13IN2S. The summed E-state index contributed by atoms with van der Waals surface area (Å²) >= 11 is 2.34. The van der Waals surface area contributed by atoms with Crippen molar-refractivity contribution in [2.75, 3.05) is 0 Å². The van der Waals surface area contributed by atoms with Gasteiger partial charge >= 0.3 is 0 Å². The second kappa shape index (κ2) is 5.02. The van der Waals surface area contributed by atoms with E-state index >= 15 is 0 Å². The first kappa shape index (κ1) is 11.6. The van der Waals surface area contributed by atoms with Gasteiger partial charge in [0.2, 0.25) is 0 Å². The minimum Gasteiger partial charge on any atom is -0.287 e. The Morgan fingerprint density at radius 2 is 2.29 bits per heavy atom. The molecule has 88 valence electrons. The highest BCUT2D eigenvalue weighted by atomic mass is 127. The van der Waals surface area contributed by atoms with Crippen LogP contribution in [0.5, 0.6) is 0 Å². The van der Waals surface area contributed by atoms with Crippen molar-refractivity contribution in [3.63, 3.8) is 0 Å². The highest BCUT2D eigenvalue weighted by Crippen LogP contribution is 2.34. The van der Waals surface area contributed by atoms with Crippen molar-refractivity contribution in [3.05, 3.63) is 53.6 Å². The van der Waals surface area contributed by atoms with E-state index in [9.17, 15) is 0 Å². The predicted molar refractivity (Wildman–Crippen MR) is 80.4 cm³/mol. The molecule has 1 atom stereocenters. The zero-order valence-corrected chi connectivity index (χ0v) is 12.3. The third kappa shape index (κ3) is 2.25. The van der Waals surface area contributed by atoms with E-state index in [0.717, 1.165) is 6.42 Å². The Labute approximate surface area is 118 Å². The third-order valence-corrected chi connectivity index (χ3v) is 5.19. The molecule has 0 bridgehead atoms. The van der Waals surface area contributed by atoms with Crippen molar-refractivity contribution in [1.82, 2.24) is 8.96 Å². The lowest BCUT2D eigenvalue weighted by Gasteiger charge is -2.23. The molecule has 17 heavy (non-hydrogen) atoms. The second-order valence-electron chi connectivity index (χ2n) is 4.38. The lowest BCUT2D eigenvalue weighted by Crippen LogP contribution is -2.14. The standard InChI is InChI=1S/C13H13IN2S/c14-17-16-8-6-10-4-5-11(9-13(10)16)12-3-1-2-7-15-12/h1-3,6-8,11H,4-5,9H2. The number of fused-ring (bicyclic) bond motifs is 1. The Balaban J connectivity index is 1.89. The minimum absolute atomic E-state index is 0.584. The summed E-state index contributed by atoms with van der Waals surface area (Å²) in [5.41, 5.74) is 4.23. The van der Waals surface area contributed by atoms with Crippen LogP contribution in [0, 0.1) is 0 Å². The number of rotatable bonds is 2. The topological polar surface area (TPSA) is 17.8 Å². The van der Waals surface area contributed by atoms with Crippen molar-refractivity contribution < 1.29 is 0 Å². The number of aromatic nitrogens is 2. The summed E-state index contributed by atoms with van der Waals surface area (Å²) in [6.07, 6.45) is 7.61. The van der Waals surface area contributed by atoms with Crippen LogP contribution in [0.4, 0.5) is 0 Å². The molecule has 2 heterocycles. The van der Waals surface area contributed by atoms with E-state index in [4.69, 9.17) is 0 Å². The molecule has 0 saturated heterocycles. The lowest BCUT2D eigenvalue weighted by atomic mass is 9.86. The third-order valence-electron chi connectivity index (χ3n) is 3.43. The van der Waals surface area contributed by atoms with Gasteiger partial charge in [0, 0.05) is 60.0 Å². The summed E-state index contributed by atoms with van der Waals surface area (Å²) in [7, 11) is 1.75. The van der Waals surface area contributed by atoms with Gasteiger partial charge in [-0.05, 0) is 43.0 Å². The molecule has 0 saturated carbocycles. The van der Waals surface area contributed by atoms with Crippen molar-refractivity contribution >= 4 is 30.3 Å². The van der Waals surface area contributed by atoms with E-state index in [1.807, 2.05) is 12.3 Å². The van der Waals surface area contributed by atoms with Crippen molar-refractivity contribution in [2.45, 2.75) is 25.2 Å². The molecule has 0 aliphatic heterocycles. The quantitative estimate of drug-likeness (QED) is 0.757. The van der Waals surface area contributed by atoms with Gasteiger partial charge < -0.3 is 0 Å². The average Bonchev–Trinajstić information content (AvgIpc) is 2.81. The fourth-order valence-electron chi connectivity index (χ4n) is 2.53. The maximum Gasteiger partial charge on any atom is 0.0438 e. The zero-order chi connectivity index (χ0) is 11.7. The molecule has 0 radical (unpaired) electrons. The van der Waals surface area contributed by atoms with Crippen LogP contribution < -0.4 is 0 Å². The SMILES string of the molecule is ISn1ccc2c1CC(c1ccccn1)CC2. The Hall–Kier alpha value is -0.490. The molecule has 2 aromatic rings. The summed E-state index contributed by atoms with van der Waals surface area (Å²) in [4.78, 5) is 4.50. The van der Waals surface area contributed by atoms with Crippen LogP contribution in [0.3, 0.4) is 0 Å². The first-order valence-electron chi connectivity index (χ1n) is 5.77. The van der Waals surface area contributed by atoms with Gasteiger partial charge in [0.25, 0.3) is 0 Å². The maximum absolute atomic E-state index is 4.50. The predicted octanol–water partition coefficient (Wildman–Crippen LogP) is 4.00. The van der Waals surface area contributed by atoms with E-state index in [1.54, 1.807) is 9.12 Å². The molecule has 0 spiro atoms. The molecule has 0 N–H and O–H groups in total. The molecule has 1 unspecified atom stereocenters. The summed E-state index contributed by atoms with van der Waals surface area (Å²) in [6, 6.07) is 8.49. The molecule has 4 heteroatoms. The van der Waals surface area contributed by atoms with Gasteiger partial charge in [-0.2, -0.15) is 0 Å². The Morgan fingerprint density at radius 3 is 3.06 bits per heavy atom. The smallest absolute Gasteiger partial charge is 0.0438 e. The fraction of sp³-hybridized carbons (Fsp3) is 0.308. The van der Waals surface area contributed by atoms with Gasteiger partial charge in [0.05, 0.1) is 0 Å². The van der Waals surface area contributed by atoms with E-state index in [0.29, 0.717) is 5.92 Å². The van der Waals surface area contributed by atoms with Gasteiger partial charge in [-0.3, -0.25) is 8.96 Å². The summed E-state index contributed by atoms with van der Waals surface area (Å²) in [6.45, 7) is 0. The first-order chi connectivity index (χ1) is 8.38. The summed E-state index contributed by atoms with van der Waals surface area (Å²) in [5, 5.41) is 0. The lowest BCUT2D eigenvalue weighted by molar-refractivity contribution is 0.563. The largest absolute Gasteiger partial charge is 0.287 e. The number of pyridine rings is 1. The van der Waals surface area contributed by atoms with Crippen molar-refractivity contribution in [3.8, 4) is 0 Å². The second-order valence-corrected chi connectivity index (χ2v) is 6.09. The minimum atomic E-state index is 0.584. The van der Waals surface area contributed by atoms with Crippen LogP contribution in [-0.2, 0) is 12.8 Å². The fourth-order valence-corrected chi connectivity index (χ4v) is 4.02. The van der Waals surface area contributed by atoms with Crippen LogP contribution in [0.2, 0.25) is 0 Å². The number of hydrogen-bond acceptors (Lipinski definition) is 2. The number of nitrogens with zero attached hydrogens (tertiary/aromatic N) is 2. The monoisotopic (exact) mass is 356 g/mol. The van der Waals surface area contributed by atoms with Gasteiger partial charge in [-0.25, -0.2) is 0 Å². The Kier molecular flexibility index (Phi) is 3.42. The number of hydrogen-bond donors (Lipinski definition) is 0.